The van der Waals surface area contributed by atoms with Crippen molar-refractivity contribution in [3.05, 3.63) is 52.4 Å². The number of halogens is 1. The van der Waals surface area contributed by atoms with Crippen LogP contribution in [0, 0.1) is 5.41 Å². The molecule has 2 saturated heterocycles. The van der Waals surface area contributed by atoms with Crippen LogP contribution in [0.1, 0.15) is 22.3 Å². The van der Waals surface area contributed by atoms with Crippen LogP contribution in [0.4, 0.5) is 5.95 Å². The number of carbonyl (C=O) groups is 1. The number of nitrogens with zero attached hydrogens (tertiary/aromatic N) is 5. The third-order valence-electron chi connectivity index (χ3n) is 6.27. The zero-order valence-corrected chi connectivity index (χ0v) is 18.3. The molecule has 0 unspecified atom stereocenters. The normalized spacial score (nSPS) is 18.2. The molecule has 0 aliphatic carbocycles. The van der Waals surface area contributed by atoms with Crippen LogP contribution in [0.3, 0.4) is 0 Å². The minimum absolute atomic E-state index is 0.243. The van der Waals surface area contributed by atoms with Crippen LogP contribution in [0.25, 0.3) is 10.9 Å². The highest BCUT2D eigenvalue weighted by molar-refractivity contribution is 9.10. The monoisotopic (exact) mass is 470 g/mol. The number of fused-ring (bicyclic) bond motifs is 1. The van der Waals surface area contributed by atoms with E-state index in [1.165, 1.54) is 28.9 Å². The summed E-state index contributed by atoms with van der Waals surface area (Å²) < 4.78 is 3.30. The van der Waals surface area contributed by atoms with Crippen LogP contribution in [0.5, 0.6) is 0 Å². The van der Waals surface area contributed by atoms with Crippen LogP contribution in [-0.4, -0.2) is 56.7 Å². The predicted octanol–water partition coefficient (Wildman–Crippen LogP) is 2.56. The predicted molar refractivity (Wildman–Crippen MR) is 116 cm³/mol. The van der Waals surface area contributed by atoms with Gasteiger partial charge in [-0.05, 0) is 24.1 Å². The van der Waals surface area contributed by atoms with Crippen LogP contribution in [0.15, 0.2) is 41.3 Å². The SMILES string of the molecule is Cn1cc(CN2CC3(CCN(c4ncc(C(=O)NO)cn4)C3)C2)c2ccc(Br)cc21. The number of hydrogen-bond acceptors (Lipinski definition) is 6. The molecule has 0 atom stereocenters. The number of amides is 1. The molecule has 2 aliphatic heterocycles. The summed E-state index contributed by atoms with van der Waals surface area (Å²) >= 11 is 3.56. The van der Waals surface area contributed by atoms with Crippen molar-refractivity contribution in [3.8, 4) is 0 Å². The first-order valence-electron chi connectivity index (χ1n) is 9.94. The largest absolute Gasteiger partial charge is 0.350 e. The van der Waals surface area contributed by atoms with Gasteiger partial charge < -0.3 is 9.47 Å². The van der Waals surface area contributed by atoms with Gasteiger partial charge in [-0.3, -0.25) is 14.9 Å². The molecule has 156 valence electrons. The summed E-state index contributed by atoms with van der Waals surface area (Å²) in [5.41, 5.74) is 4.75. The van der Waals surface area contributed by atoms with Crippen molar-refractivity contribution in [1.29, 1.82) is 0 Å². The third-order valence-corrected chi connectivity index (χ3v) is 6.76. The van der Waals surface area contributed by atoms with E-state index < -0.39 is 5.91 Å². The van der Waals surface area contributed by atoms with E-state index in [1.807, 2.05) is 0 Å². The van der Waals surface area contributed by atoms with Crippen molar-refractivity contribution in [3.63, 3.8) is 0 Å². The first kappa shape index (κ1) is 19.5. The lowest BCUT2D eigenvalue weighted by Crippen LogP contribution is -2.56. The number of hydroxylamine groups is 1. The lowest BCUT2D eigenvalue weighted by Gasteiger charge is -2.48. The van der Waals surface area contributed by atoms with Crippen LogP contribution >= 0.6 is 15.9 Å². The molecule has 3 aromatic rings. The van der Waals surface area contributed by atoms with Crippen LogP contribution in [-0.2, 0) is 13.6 Å². The first-order valence-corrected chi connectivity index (χ1v) is 10.7. The van der Waals surface area contributed by atoms with E-state index in [0.717, 1.165) is 43.6 Å². The minimum Gasteiger partial charge on any atom is -0.350 e. The van der Waals surface area contributed by atoms with E-state index >= 15 is 0 Å². The molecule has 0 saturated carbocycles. The minimum atomic E-state index is -0.602. The second-order valence-corrected chi connectivity index (χ2v) is 9.37. The number of benzene rings is 1. The van der Waals surface area contributed by atoms with Gasteiger partial charge >= 0.3 is 0 Å². The molecule has 2 N–H and O–H groups in total. The quantitative estimate of drug-likeness (QED) is 0.450. The molecule has 0 radical (unpaired) electrons. The highest BCUT2D eigenvalue weighted by Crippen LogP contribution is 2.41. The highest BCUT2D eigenvalue weighted by Gasteiger charge is 2.48. The lowest BCUT2D eigenvalue weighted by atomic mass is 9.79. The molecular weight excluding hydrogens is 448 g/mol. The van der Waals surface area contributed by atoms with Gasteiger partial charge in [0.25, 0.3) is 5.91 Å². The molecule has 1 amide bonds. The molecule has 1 aromatic carbocycles. The molecule has 2 aliphatic rings. The Kier molecular flexibility index (Phi) is 4.76. The molecule has 4 heterocycles. The zero-order valence-electron chi connectivity index (χ0n) is 16.7. The fourth-order valence-corrected chi connectivity index (χ4v) is 5.20. The fourth-order valence-electron chi connectivity index (χ4n) is 4.85. The average Bonchev–Trinajstić information content (AvgIpc) is 3.30. The van der Waals surface area contributed by atoms with E-state index in [4.69, 9.17) is 5.21 Å². The average molecular weight is 471 g/mol. The third kappa shape index (κ3) is 3.36. The van der Waals surface area contributed by atoms with E-state index in [0.29, 0.717) is 5.95 Å². The Morgan fingerprint density at radius 3 is 2.77 bits per heavy atom. The second kappa shape index (κ2) is 7.33. The highest BCUT2D eigenvalue weighted by atomic mass is 79.9. The first-order chi connectivity index (χ1) is 14.5. The van der Waals surface area contributed by atoms with Crippen molar-refractivity contribution in [2.75, 3.05) is 31.1 Å². The van der Waals surface area contributed by atoms with Gasteiger partial charge in [0.05, 0.1) is 5.56 Å². The van der Waals surface area contributed by atoms with Crippen molar-refractivity contribution in [2.24, 2.45) is 12.5 Å². The molecule has 30 heavy (non-hydrogen) atoms. The lowest BCUT2D eigenvalue weighted by molar-refractivity contribution is 0.0119. The van der Waals surface area contributed by atoms with Crippen LogP contribution in [0.2, 0.25) is 0 Å². The van der Waals surface area contributed by atoms with Gasteiger partial charge in [0.1, 0.15) is 0 Å². The maximum absolute atomic E-state index is 11.4. The summed E-state index contributed by atoms with van der Waals surface area (Å²) in [5, 5.41) is 10.0. The summed E-state index contributed by atoms with van der Waals surface area (Å²) in [6.45, 7) is 4.95. The van der Waals surface area contributed by atoms with Gasteiger partial charge in [0.15, 0.2) is 0 Å². The van der Waals surface area contributed by atoms with Gasteiger partial charge in [0.2, 0.25) is 5.95 Å². The smallest absolute Gasteiger partial charge is 0.277 e. The standard InChI is InChI=1S/C21H23BrN6O2/c1-26-9-15(17-3-2-16(22)6-18(17)26)10-27-11-21(12-27)4-5-28(13-21)20-23-7-14(8-24-20)19(29)25-30/h2-3,6-9,30H,4-5,10-13H2,1H3,(H,25,29). The zero-order chi connectivity index (χ0) is 20.9. The molecule has 9 heteroatoms. The molecule has 0 bridgehead atoms. The number of aryl methyl sites for hydroxylation is 1. The molecular formula is C21H23BrN6O2. The van der Waals surface area contributed by atoms with E-state index in [1.54, 1.807) is 5.48 Å². The Morgan fingerprint density at radius 2 is 2.03 bits per heavy atom. The molecule has 5 rings (SSSR count). The van der Waals surface area contributed by atoms with E-state index in [-0.39, 0.29) is 11.0 Å². The number of aromatic nitrogens is 3. The molecule has 2 aromatic heterocycles. The number of rotatable bonds is 4. The summed E-state index contributed by atoms with van der Waals surface area (Å²) in [6, 6.07) is 6.47. The second-order valence-electron chi connectivity index (χ2n) is 8.46. The summed E-state index contributed by atoms with van der Waals surface area (Å²) in [7, 11) is 2.10. The summed E-state index contributed by atoms with van der Waals surface area (Å²) in [5.74, 6) is 0.0364. The van der Waals surface area contributed by atoms with Gasteiger partial charge in [-0.15, -0.1) is 0 Å². The molecule has 1 spiro atoms. The summed E-state index contributed by atoms with van der Waals surface area (Å²) in [6.07, 6.45) is 6.25. The Balaban J connectivity index is 1.22. The molecule has 2 fully saturated rings. The Labute approximate surface area is 182 Å². The maximum atomic E-state index is 11.4. The Hall–Kier alpha value is -2.49. The van der Waals surface area contributed by atoms with Crippen molar-refractivity contribution < 1.29 is 10.0 Å². The van der Waals surface area contributed by atoms with Gasteiger partial charge in [-0.2, -0.15) is 0 Å². The fraction of sp³-hybridized carbons (Fsp3) is 0.381. The van der Waals surface area contributed by atoms with Crippen molar-refractivity contribution >= 4 is 38.7 Å². The van der Waals surface area contributed by atoms with E-state index in [9.17, 15) is 4.79 Å². The topological polar surface area (TPSA) is 86.5 Å². The number of nitrogens with one attached hydrogen (secondary N) is 1. The Bertz CT molecular complexity index is 1110. The Morgan fingerprint density at radius 1 is 1.27 bits per heavy atom. The van der Waals surface area contributed by atoms with Gasteiger partial charge in [-0.1, -0.05) is 22.0 Å². The van der Waals surface area contributed by atoms with Crippen molar-refractivity contribution in [1.82, 2.24) is 24.9 Å². The number of likely N-dealkylation sites (tertiary alicyclic amines) is 1. The number of anilines is 1. The number of carbonyl (C=O) groups excluding carboxylic acids is 1. The maximum Gasteiger partial charge on any atom is 0.277 e. The van der Waals surface area contributed by atoms with E-state index in [2.05, 4.69) is 71.7 Å². The van der Waals surface area contributed by atoms with Crippen molar-refractivity contribution in [2.45, 2.75) is 13.0 Å². The summed E-state index contributed by atoms with van der Waals surface area (Å²) in [4.78, 5) is 24.7. The number of hydrogen-bond donors (Lipinski definition) is 2. The van der Waals surface area contributed by atoms with Gasteiger partial charge in [0, 0.05) is 79.2 Å². The molecule has 8 nitrogen and oxygen atoms in total. The van der Waals surface area contributed by atoms with Crippen LogP contribution < -0.4 is 10.4 Å². The van der Waals surface area contributed by atoms with Gasteiger partial charge in [-0.25, -0.2) is 15.4 Å².